The van der Waals surface area contributed by atoms with Crippen LogP contribution in [0.4, 0.5) is 5.69 Å². The highest BCUT2D eigenvalue weighted by Gasteiger charge is 2.15. The molecular weight excluding hydrogens is 264 g/mol. The summed E-state index contributed by atoms with van der Waals surface area (Å²) >= 11 is 5.50. The van der Waals surface area contributed by atoms with Crippen molar-refractivity contribution in [3.8, 4) is 0 Å². The number of para-hydroxylation sites is 1. The Balaban J connectivity index is 2.64. The van der Waals surface area contributed by atoms with Crippen molar-refractivity contribution in [2.24, 2.45) is 0 Å². The van der Waals surface area contributed by atoms with Crippen molar-refractivity contribution >= 4 is 29.1 Å². The molecule has 0 fully saturated rings. The minimum absolute atomic E-state index is 0.274. The quantitative estimate of drug-likeness (QED) is 0.495. The highest BCUT2D eigenvalue weighted by molar-refractivity contribution is 6.39. The van der Waals surface area contributed by atoms with Crippen LogP contribution in [0.3, 0.4) is 0 Å². The molecule has 0 saturated heterocycles. The number of benzene rings is 1. The molecule has 0 radical (unpaired) electrons. The first kappa shape index (κ1) is 15.5. The van der Waals surface area contributed by atoms with Gasteiger partial charge in [-0.15, -0.1) is 11.6 Å². The highest BCUT2D eigenvalue weighted by Crippen LogP contribution is 2.23. The van der Waals surface area contributed by atoms with Crippen molar-refractivity contribution in [2.75, 3.05) is 17.7 Å². The van der Waals surface area contributed by atoms with Gasteiger partial charge in [0.1, 0.15) is 0 Å². The van der Waals surface area contributed by atoms with Gasteiger partial charge >= 0.3 is 11.8 Å². The fraction of sp³-hybridized carbons (Fsp3) is 0.429. The number of hydrogen-bond donors (Lipinski definition) is 2. The van der Waals surface area contributed by atoms with Crippen LogP contribution in [0, 0.1) is 0 Å². The first-order valence-corrected chi connectivity index (χ1v) is 6.83. The van der Waals surface area contributed by atoms with E-state index in [-0.39, 0.29) is 5.92 Å². The molecular formula is C14H19ClN2O2. The standard InChI is InChI=1S/C14H19ClN2O2/c1-10(2)11-6-3-4-7-12(11)17-14(19)13(18)16-9-5-8-15/h3-4,6-7,10H,5,8-9H2,1-2H3,(H,16,18)(H,17,19). The lowest BCUT2D eigenvalue weighted by Gasteiger charge is -2.13. The lowest BCUT2D eigenvalue weighted by molar-refractivity contribution is -0.136. The van der Waals surface area contributed by atoms with E-state index in [1.54, 1.807) is 6.07 Å². The molecule has 19 heavy (non-hydrogen) atoms. The van der Waals surface area contributed by atoms with E-state index in [1.807, 2.05) is 32.0 Å². The van der Waals surface area contributed by atoms with E-state index in [0.717, 1.165) is 5.56 Å². The fourth-order valence-electron chi connectivity index (χ4n) is 1.64. The summed E-state index contributed by atoms with van der Waals surface area (Å²) in [5.74, 6) is -0.555. The van der Waals surface area contributed by atoms with Gasteiger partial charge in [0.25, 0.3) is 0 Å². The summed E-state index contributed by atoms with van der Waals surface area (Å²) in [5.41, 5.74) is 1.68. The van der Waals surface area contributed by atoms with Gasteiger partial charge in [-0.1, -0.05) is 32.0 Å². The van der Waals surface area contributed by atoms with Crippen molar-refractivity contribution in [1.82, 2.24) is 5.32 Å². The lowest BCUT2D eigenvalue weighted by Crippen LogP contribution is -2.36. The Morgan fingerprint density at radius 3 is 2.53 bits per heavy atom. The zero-order valence-electron chi connectivity index (χ0n) is 11.2. The van der Waals surface area contributed by atoms with Crippen molar-refractivity contribution in [3.05, 3.63) is 29.8 Å². The SMILES string of the molecule is CC(C)c1ccccc1NC(=O)C(=O)NCCCCl. The molecule has 0 spiro atoms. The summed E-state index contributed by atoms with van der Waals surface area (Å²) in [6.07, 6.45) is 0.642. The Bertz CT molecular complexity index is 447. The molecule has 0 saturated carbocycles. The predicted octanol–water partition coefficient (Wildman–Crippen LogP) is 2.49. The molecule has 0 aliphatic heterocycles. The Labute approximate surface area is 118 Å². The number of carbonyl (C=O) groups excluding carboxylic acids is 2. The largest absolute Gasteiger partial charge is 0.348 e. The van der Waals surface area contributed by atoms with Crippen molar-refractivity contribution in [1.29, 1.82) is 0 Å². The van der Waals surface area contributed by atoms with E-state index in [1.165, 1.54) is 0 Å². The Hall–Kier alpha value is -1.55. The van der Waals surface area contributed by atoms with Crippen LogP contribution in [0.15, 0.2) is 24.3 Å². The monoisotopic (exact) mass is 282 g/mol. The van der Waals surface area contributed by atoms with Gasteiger partial charge in [-0.25, -0.2) is 0 Å². The van der Waals surface area contributed by atoms with Crippen LogP contribution in [0.2, 0.25) is 0 Å². The number of hydrogen-bond acceptors (Lipinski definition) is 2. The zero-order chi connectivity index (χ0) is 14.3. The number of rotatable bonds is 5. The molecule has 0 aromatic heterocycles. The molecule has 1 aromatic carbocycles. The lowest BCUT2D eigenvalue weighted by atomic mass is 10.0. The Kier molecular flexibility index (Phi) is 6.36. The summed E-state index contributed by atoms with van der Waals surface area (Å²) in [7, 11) is 0. The van der Waals surface area contributed by atoms with Gasteiger partial charge in [-0.3, -0.25) is 9.59 Å². The van der Waals surface area contributed by atoms with E-state index >= 15 is 0 Å². The normalized spacial score (nSPS) is 10.3. The fourth-order valence-corrected chi connectivity index (χ4v) is 1.78. The number of amides is 2. The van der Waals surface area contributed by atoms with Gasteiger partial charge in [0.2, 0.25) is 0 Å². The second-order valence-electron chi connectivity index (χ2n) is 4.49. The maximum atomic E-state index is 11.7. The summed E-state index contributed by atoms with van der Waals surface area (Å²) in [6.45, 7) is 4.47. The van der Waals surface area contributed by atoms with Gasteiger partial charge in [0.15, 0.2) is 0 Å². The Morgan fingerprint density at radius 1 is 1.21 bits per heavy atom. The van der Waals surface area contributed by atoms with Crippen molar-refractivity contribution < 1.29 is 9.59 Å². The van der Waals surface area contributed by atoms with Crippen molar-refractivity contribution in [3.63, 3.8) is 0 Å². The summed E-state index contributed by atoms with van der Waals surface area (Å²) in [5, 5.41) is 5.15. The summed E-state index contributed by atoms with van der Waals surface area (Å²) in [6, 6.07) is 7.46. The van der Waals surface area contributed by atoms with E-state index in [2.05, 4.69) is 10.6 Å². The Morgan fingerprint density at radius 2 is 1.89 bits per heavy atom. The number of anilines is 1. The van der Waals surface area contributed by atoms with Gasteiger partial charge in [0, 0.05) is 18.1 Å². The molecule has 0 heterocycles. The molecule has 1 rings (SSSR count). The zero-order valence-corrected chi connectivity index (χ0v) is 12.0. The molecule has 4 nitrogen and oxygen atoms in total. The third-order valence-corrected chi connectivity index (χ3v) is 2.90. The highest BCUT2D eigenvalue weighted by atomic mass is 35.5. The minimum atomic E-state index is -0.650. The van der Waals surface area contributed by atoms with E-state index in [0.29, 0.717) is 24.5 Å². The molecule has 0 aliphatic rings. The molecule has 2 N–H and O–H groups in total. The topological polar surface area (TPSA) is 58.2 Å². The molecule has 0 aliphatic carbocycles. The third kappa shape index (κ3) is 4.91. The van der Waals surface area contributed by atoms with Gasteiger partial charge in [-0.2, -0.15) is 0 Å². The van der Waals surface area contributed by atoms with Gasteiger partial charge < -0.3 is 10.6 Å². The maximum absolute atomic E-state index is 11.7. The van der Waals surface area contributed by atoms with Gasteiger partial charge in [0.05, 0.1) is 0 Å². The third-order valence-electron chi connectivity index (χ3n) is 2.63. The van der Waals surface area contributed by atoms with Crippen LogP contribution in [-0.2, 0) is 9.59 Å². The predicted molar refractivity (Wildman–Crippen MR) is 77.5 cm³/mol. The number of halogens is 1. The van der Waals surface area contributed by atoms with Crippen LogP contribution in [0.25, 0.3) is 0 Å². The molecule has 5 heteroatoms. The maximum Gasteiger partial charge on any atom is 0.313 e. The summed E-state index contributed by atoms with van der Waals surface area (Å²) < 4.78 is 0. The smallest absolute Gasteiger partial charge is 0.313 e. The number of carbonyl (C=O) groups is 2. The first-order chi connectivity index (χ1) is 9.06. The molecule has 1 aromatic rings. The first-order valence-electron chi connectivity index (χ1n) is 6.30. The molecule has 104 valence electrons. The minimum Gasteiger partial charge on any atom is -0.348 e. The van der Waals surface area contributed by atoms with Gasteiger partial charge in [-0.05, 0) is 24.0 Å². The van der Waals surface area contributed by atoms with Crippen LogP contribution in [0.5, 0.6) is 0 Å². The average Bonchev–Trinajstić information content (AvgIpc) is 2.39. The van der Waals surface area contributed by atoms with E-state index in [9.17, 15) is 9.59 Å². The number of nitrogens with one attached hydrogen (secondary N) is 2. The van der Waals surface area contributed by atoms with Crippen molar-refractivity contribution in [2.45, 2.75) is 26.2 Å². The number of alkyl halides is 1. The van der Waals surface area contributed by atoms with Crippen LogP contribution in [0.1, 0.15) is 31.7 Å². The van der Waals surface area contributed by atoms with Crippen LogP contribution >= 0.6 is 11.6 Å². The average molecular weight is 283 g/mol. The summed E-state index contributed by atoms with van der Waals surface area (Å²) in [4.78, 5) is 23.3. The molecule has 2 amide bonds. The second kappa shape index (κ2) is 7.79. The molecule has 0 bridgehead atoms. The molecule has 0 unspecified atom stereocenters. The molecule has 0 atom stereocenters. The van der Waals surface area contributed by atoms with E-state index < -0.39 is 11.8 Å². The van der Waals surface area contributed by atoms with Crippen LogP contribution < -0.4 is 10.6 Å². The second-order valence-corrected chi connectivity index (χ2v) is 4.87. The van der Waals surface area contributed by atoms with E-state index in [4.69, 9.17) is 11.6 Å². The van der Waals surface area contributed by atoms with Crippen LogP contribution in [-0.4, -0.2) is 24.2 Å².